The van der Waals surface area contributed by atoms with Gasteiger partial charge in [-0.2, -0.15) is 0 Å². The lowest BCUT2D eigenvalue weighted by atomic mass is 9.96. The monoisotopic (exact) mass is 319 g/mol. The zero-order valence-corrected chi connectivity index (χ0v) is 14.6. The lowest BCUT2D eigenvalue weighted by molar-refractivity contribution is -0.143. The van der Waals surface area contributed by atoms with Crippen molar-refractivity contribution in [1.29, 1.82) is 0 Å². The van der Waals surface area contributed by atoms with E-state index in [1.54, 1.807) is 0 Å². The van der Waals surface area contributed by atoms with Crippen molar-refractivity contribution in [2.75, 3.05) is 7.11 Å². The molecule has 0 aromatic heterocycles. The fourth-order valence-corrected chi connectivity index (χ4v) is 2.59. The van der Waals surface area contributed by atoms with Crippen molar-refractivity contribution in [3.63, 3.8) is 0 Å². The average Bonchev–Trinajstić information content (AvgIpc) is 2.59. The minimum atomic E-state index is -0.787. The van der Waals surface area contributed by atoms with E-state index in [-0.39, 0.29) is 6.04 Å². The molecule has 1 aliphatic heterocycles. The zero-order valence-electron chi connectivity index (χ0n) is 14.6. The quantitative estimate of drug-likeness (QED) is 0.834. The van der Waals surface area contributed by atoms with Crippen LogP contribution >= 0.6 is 0 Å². The van der Waals surface area contributed by atoms with Gasteiger partial charge in [0, 0.05) is 12.8 Å². The van der Waals surface area contributed by atoms with Crippen molar-refractivity contribution in [3.8, 4) is 0 Å². The smallest absolute Gasteiger partial charge is 0.326 e. The first kappa shape index (κ1) is 20.9. The summed E-state index contributed by atoms with van der Waals surface area (Å²) in [7, 11) is 1.00. The second kappa shape index (κ2) is 11.5. The van der Waals surface area contributed by atoms with Gasteiger partial charge in [-0.15, -0.1) is 0 Å². The molecule has 0 radical (unpaired) electrons. The summed E-state index contributed by atoms with van der Waals surface area (Å²) < 4.78 is 0. The second-order valence-corrected chi connectivity index (χ2v) is 4.92. The van der Waals surface area contributed by atoms with Gasteiger partial charge < -0.3 is 15.1 Å². The number of aliphatic carboxylic acids is 1. The summed E-state index contributed by atoms with van der Waals surface area (Å²) in [4.78, 5) is 13.3. The van der Waals surface area contributed by atoms with E-state index in [0.717, 1.165) is 19.2 Å². The molecule has 2 N–H and O–H groups in total. The molecule has 0 saturated carbocycles. The molecule has 1 aromatic carbocycles. The van der Waals surface area contributed by atoms with E-state index < -0.39 is 12.0 Å². The van der Waals surface area contributed by atoms with Crippen molar-refractivity contribution in [2.24, 2.45) is 0 Å². The first-order valence-electron chi connectivity index (χ1n) is 7.91. The summed E-state index contributed by atoms with van der Waals surface area (Å²) in [6.45, 7) is 9.80. The van der Waals surface area contributed by atoms with Crippen LogP contribution in [-0.4, -0.2) is 40.3 Å². The van der Waals surface area contributed by atoms with Crippen LogP contribution in [0.25, 0.3) is 0 Å². The van der Waals surface area contributed by atoms with Crippen LogP contribution in [0.15, 0.2) is 54.8 Å². The van der Waals surface area contributed by atoms with E-state index in [0.29, 0.717) is 6.42 Å². The van der Waals surface area contributed by atoms with Crippen LogP contribution in [0.1, 0.15) is 32.8 Å². The fraction of sp³-hybridized carbons (Fsp3) is 0.421. The third-order valence-electron chi connectivity index (χ3n) is 3.42. The Kier molecular flexibility index (Phi) is 10.5. The van der Waals surface area contributed by atoms with E-state index >= 15 is 0 Å². The molecule has 1 aromatic rings. The first-order chi connectivity index (χ1) is 11.1. The number of carbonyl (C=O) groups is 1. The Hall–Kier alpha value is -2.07. The summed E-state index contributed by atoms with van der Waals surface area (Å²) in [5, 5.41) is 16.3. The minimum absolute atomic E-state index is 0.0646. The van der Waals surface area contributed by atoms with Crippen molar-refractivity contribution < 1.29 is 15.0 Å². The highest BCUT2D eigenvalue weighted by molar-refractivity contribution is 5.74. The molecule has 2 unspecified atom stereocenters. The van der Waals surface area contributed by atoms with E-state index in [1.807, 2.05) is 49.9 Å². The molecule has 2 atom stereocenters. The molecular weight excluding hydrogens is 290 g/mol. The summed E-state index contributed by atoms with van der Waals surface area (Å²) in [5.41, 5.74) is 2.01. The van der Waals surface area contributed by atoms with E-state index in [1.165, 1.54) is 5.56 Å². The van der Waals surface area contributed by atoms with Crippen LogP contribution in [0.4, 0.5) is 0 Å². The van der Waals surface area contributed by atoms with Crippen LogP contribution in [0.3, 0.4) is 0 Å². The number of benzene rings is 1. The molecule has 4 nitrogen and oxygen atoms in total. The Morgan fingerprint density at radius 3 is 2.30 bits per heavy atom. The fourth-order valence-electron chi connectivity index (χ4n) is 2.59. The molecule has 4 heteroatoms. The molecule has 0 amide bonds. The van der Waals surface area contributed by atoms with Gasteiger partial charge in [0.25, 0.3) is 0 Å². The molecular formula is C19H29NO3. The number of hydrogen-bond donors (Lipinski definition) is 2. The summed E-state index contributed by atoms with van der Waals surface area (Å²) >= 11 is 0. The normalized spacial score (nSPS) is 18.9. The molecule has 0 spiro atoms. The summed E-state index contributed by atoms with van der Waals surface area (Å²) in [5.74, 6) is -0.787. The second-order valence-electron chi connectivity index (χ2n) is 4.92. The lowest BCUT2D eigenvalue weighted by Gasteiger charge is -2.39. The molecule has 128 valence electrons. The Bertz CT molecular complexity index is 497. The summed E-state index contributed by atoms with van der Waals surface area (Å²) in [6, 6.07) is 9.68. The Morgan fingerprint density at radius 1 is 1.26 bits per heavy atom. The van der Waals surface area contributed by atoms with Gasteiger partial charge in [0.05, 0.1) is 6.04 Å². The van der Waals surface area contributed by atoms with Gasteiger partial charge in [-0.25, -0.2) is 4.79 Å². The van der Waals surface area contributed by atoms with Gasteiger partial charge in [0.2, 0.25) is 0 Å². The maximum Gasteiger partial charge on any atom is 0.326 e. The first-order valence-corrected chi connectivity index (χ1v) is 7.91. The van der Waals surface area contributed by atoms with Gasteiger partial charge in [0.15, 0.2) is 0 Å². The molecule has 1 aliphatic rings. The number of aliphatic hydroxyl groups is 1. The molecule has 0 fully saturated rings. The number of hydrogen-bond acceptors (Lipinski definition) is 3. The number of allylic oxidation sites excluding steroid dienone is 1. The van der Waals surface area contributed by atoms with E-state index in [4.69, 9.17) is 5.11 Å². The zero-order chi connectivity index (χ0) is 17.8. The minimum Gasteiger partial charge on any atom is -0.480 e. The Morgan fingerprint density at radius 2 is 1.83 bits per heavy atom. The van der Waals surface area contributed by atoms with Crippen LogP contribution in [0.5, 0.6) is 0 Å². The molecule has 0 saturated heterocycles. The number of aliphatic hydroxyl groups excluding tert-OH is 1. The largest absolute Gasteiger partial charge is 0.480 e. The highest BCUT2D eigenvalue weighted by Gasteiger charge is 2.31. The number of carboxylic acid groups (broad SMARTS) is 1. The van der Waals surface area contributed by atoms with Gasteiger partial charge in [-0.05, 0) is 25.3 Å². The molecule has 0 aliphatic carbocycles. The van der Waals surface area contributed by atoms with Gasteiger partial charge in [-0.1, -0.05) is 62.9 Å². The molecule has 2 rings (SSSR count). The highest BCUT2D eigenvalue weighted by atomic mass is 16.4. The maximum absolute atomic E-state index is 11.4. The third-order valence-corrected chi connectivity index (χ3v) is 3.42. The topological polar surface area (TPSA) is 60.8 Å². The lowest BCUT2D eigenvalue weighted by Crippen LogP contribution is -2.48. The number of nitrogens with zero attached hydrogens (tertiary/aromatic N) is 1. The Balaban J connectivity index is 0.00000112. The number of carboxylic acids is 1. The van der Waals surface area contributed by atoms with Crippen LogP contribution < -0.4 is 0 Å². The maximum atomic E-state index is 11.4. The van der Waals surface area contributed by atoms with Crippen molar-refractivity contribution in [2.45, 2.75) is 45.7 Å². The van der Waals surface area contributed by atoms with Crippen LogP contribution in [-0.2, 0) is 11.2 Å². The molecule has 23 heavy (non-hydrogen) atoms. The van der Waals surface area contributed by atoms with Crippen molar-refractivity contribution in [1.82, 2.24) is 4.90 Å². The predicted octanol–water partition coefficient (Wildman–Crippen LogP) is 3.48. The van der Waals surface area contributed by atoms with Gasteiger partial charge >= 0.3 is 5.97 Å². The Labute approximate surface area is 139 Å². The van der Waals surface area contributed by atoms with Gasteiger partial charge in [0.1, 0.15) is 6.04 Å². The van der Waals surface area contributed by atoms with Crippen molar-refractivity contribution >= 4 is 5.97 Å². The third kappa shape index (κ3) is 6.28. The standard InChI is InChI=1S/C16H19NO2.C2H6.CH4O/c1-12(2)17-14(9-6-10-15(17)16(18)19)11-13-7-4-3-5-8-13;2*1-2/h3-9,14-15H,1,10-11H2,2H3,(H,18,19);1-2H3;2H,1H3. The van der Waals surface area contributed by atoms with E-state index in [9.17, 15) is 9.90 Å². The SMILES string of the molecule is C=C(C)N1C(Cc2ccccc2)C=CCC1C(=O)O.CC.CO. The molecule has 0 bridgehead atoms. The number of rotatable bonds is 4. The average molecular weight is 319 g/mol. The van der Waals surface area contributed by atoms with Gasteiger partial charge in [-0.3, -0.25) is 0 Å². The van der Waals surface area contributed by atoms with Crippen LogP contribution in [0, 0.1) is 0 Å². The predicted molar refractivity (Wildman–Crippen MR) is 95.3 cm³/mol. The van der Waals surface area contributed by atoms with Crippen LogP contribution in [0.2, 0.25) is 0 Å². The summed E-state index contributed by atoms with van der Waals surface area (Å²) in [6.07, 6.45) is 5.38. The van der Waals surface area contributed by atoms with Crippen molar-refractivity contribution in [3.05, 3.63) is 60.3 Å². The highest BCUT2D eigenvalue weighted by Crippen LogP contribution is 2.24. The van der Waals surface area contributed by atoms with E-state index in [2.05, 4.69) is 24.8 Å². The molecule has 1 heterocycles.